The molecule has 4 aromatic heterocycles. The number of amides is 1. The Hall–Kier alpha value is -6.45. The van der Waals surface area contributed by atoms with Crippen molar-refractivity contribution in [2.45, 2.75) is 52.9 Å². The van der Waals surface area contributed by atoms with Gasteiger partial charge < -0.3 is 14.8 Å². The third kappa shape index (κ3) is 10.3. The molecule has 18 nitrogen and oxygen atoms in total. The predicted octanol–water partition coefficient (Wildman–Crippen LogP) is 6.40. The van der Waals surface area contributed by atoms with Crippen LogP contribution >= 0.6 is 0 Å². The number of rotatable bonds is 8. The van der Waals surface area contributed by atoms with E-state index in [1.54, 1.807) is 27.7 Å². The second-order valence-electron chi connectivity index (χ2n) is 9.80. The number of aromatic nitrogens is 6. The Morgan fingerprint density at radius 3 is 1.71 bits per heavy atom. The molecule has 0 saturated heterocycles. The summed E-state index contributed by atoms with van der Waals surface area (Å²) in [5.74, 6) is -1.94. The van der Waals surface area contributed by atoms with E-state index < -0.39 is 62.5 Å². The van der Waals surface area contributed by atoms with Gasteiger partial charge in [0, 0.05) is 43.0 Å². The molecule has 4 heterocycles. The quantitative estimate of drug-likeness (QED) is 0.0655. The van der Waals surface area contributed by atoms with Gasteiger partial charge in [-0.2, -0.15) is 31.0 Å². The maximum Gasteiger partial charge on any atom is 0.421 e. The minimum atomic E-state index is -4.93. The van der Waals surface area contributed by atoms with Crippen LogP contribution in [0.25, 0.3) is 0 Å². The van der Waals surface area contributed by atoms with Crippen LogP contribution in [0.1, 0.15) is 47.5 Å². The summed E-state index contributed by atoms with van der Waals surface area (Å²) in [6.45, 7) is 6.76. The van der Waals surface area contributed by atoms with E-state index in [0.717, 1.165) is 4.68 Å². The monoisotopic (exact) mass is 746 g/mol. The first kappa shape index (κ1) is 41.7. The maximum absolute atomic E-state index is 13.2. The Balaban J connectivity index is 0.000000330. The van der Waals surface area contributed by atoms with E-state index in [-0.39, 0.29) is 11.8 Å². The van der Waals surface area contributed by atoms with Gasteiger partial charge in [0.25, 0.3) is 11.4 Å². The SMILES string of the molecule is CCc1c(Oc2ncc([N+](=O)[O-])cc2C(F)(F)F)n[nH]c1C.CCc1c(Oc2ncc([N+](=O)[O-])cc2C(F)(F)F)nn(C(=O)NC)c1C.CN=C=O. The smallest absolute Gasteiger partial charge is 0.418 e. The number of ether oxygens (including phenoxy) is 2. The van der Waals surface area contributed by atoms with E-state index in [0.29, 0.717) is 59.9 Å². The number of carbonyl (C=O) groups is 1. The average Bonchev–Trinajstić information content (AvgIpc) is 3.60. The molecule has 0 aromatic carbocycles. The molecule has 0 radical (unpaired) electrons. The largest absolute Gasteiger partial charge is 0.421 e. The van der Waals surface area contributed by atoms with Gasteiger partial charge in [-0.3, -0.25) is 25.3 Å². The van der Waals surface area contributed by atoms with Crippen LogP contribution in [0.2, 0.25) is 0 Å². The summed E-state index contributed by atoms with van der Waals surface area (Å²) in [4.78, 5) is 49.8. The number of alkyl halides is 6. The second kappa shape index (κ2) is 17.5. The third-order valence-corrected chi connectivity index (χ3v) is 6.54. The predicted molar refractivity (Wildman–Crippen MR) is 165 cm³/mol. The lowest BCUT2D eigenvalue weighted by molar-refractivity contribution is -0.385. The normalized spacial score (nSPS) is 10.8. The molecule has 4 aromatic rings. The van der Waals surface area contributed by atoms with Gasteiger partial charge in [-0.05, 0) is 26.7 Å². The Morgan fingerprint density at radius 2 is 1.35 bits per heavy atom. The first-order valence-corrected chi connectivity index (χ1v) is 14.3. The number of hydrogen-bond donors (Lipinski definition) is 2. The van der Waals surface area contributed by atoms with Crippen LogP contribution in [-0.4, -0.2) is 66.0 Å². The Bertz CT molecular complexity index is 1970. The van der Waals surface area contributed by atoms with Crippen LogP contribution < -0.4 is 14.8 Å². The molecule has 0 fully saturated rings. The number of nitrogens with one attached hydrogen (secondary N) is 2. The highest BCUT2D eigenvalue weighted by molar-refractivity contribution is 5.76. The van der Waals surface area contributed by atoms with Crippen LogP contribution in [0.15, 0.2) is 29.5 Å². The molecular formula is C28H28F6N10O8. The number of aryl methyl sites for hydroxylation is 1. The summed E-state index contributed by atoms with van der Waals surface area (Å²) in [5.41, 5.74) is -2.29. The second-order valence-corrected chi connectivity index (χ2v) is 9.80. The lowest BCUT2D eigenvalue weighted by atomic mass is 10.2. The van der Waals surface area contributed by atoms with Crippen molar-refractivity contribution >= 4 is 23.5 Å². The average molecular weight is 747 g/mol. The number of nitro groups is 2. The van der Waals surface area contributed by atoms with Crippen molar-refractivity contribution in [3.05, 3.63) is 78.4 Å². The highest BCUT2D eigenvalue weighted by Crippen LogP contribution is 2.40. The molecule has 0 aliphatic rings. The summed E-state index contributed by atoms with van der Waals surface area (Å²) in [5, 5.41) is 33.9. The lowest BCUT2D eigenvalue weighted by Crippen LogP contribution is -2.26. The summed E-state index contributed by atoms with van der Waals surface area (Å²) in [6, 6.07) is 0.115. The number of isocyanates is 1. The summed E-state index contributed by atoms with van der Waals surface area (Å²) in [7, 11) is 2.75. The molecule has 52 heavy (non-hydrogen) atoms. The van der Waals surface area contributed by atoms with Gasteiger partial charge in [0.15, 0.2) is 0 Å². The number of halogens is 6. The molecule has 1 amide bonds. The number of carbonyl (C=O) groups excluding carboxylic acids is 2. The number of pyridine rings is 2. The van der Waals surface area contributed by atoms with Crippen molar-refractivity contribution < 1.29 is 55.3 Å². The topological polar surface area (TPSA) is 236 Å². The van der Waals surface area contributed by atoms with Crippen LogP contribution in [-0.2, 0) is 30.0 Å². The minimum absolute atomic E-state index is 0.0353. The van der Waals surface area contributed by atoms with E-state index in [1.807, 2.05) is 0 Å². The van der Waals surface area contributed by atoms with Crippen molar-refractivity contribution in [1.29, 1.82) is 0 Å². The molecular weight excluding hydrogens is 718 g/mol. The van der Waals surface area contributed by atoms with E-state index in [9.17, 15) is 51.4 Å². The Labute approximate surface area is 288 Å². The first-order valence-electron chi connectivity index (χ1n) is 14.3. The number of H-pyrrole nitrogens is 1. The van der Waals surface area contributed by atoms with Gasteiger partial charge in [0.05, 0.1) is 15.5 Å². The lowest BCUT2D eigenvalue weighted by Gasteiger charge is -2.11. The van der Waals surface area contributed by atoms with Gasteiger partial charge in [0.1, 0.15) is 23.5 Å². The summed E-state index contributed by atoms with van der Waals surface area (Å²) < 4.78 is 89.9. The van der Waals surface area contributed by atoms with Crippen molar-refractivity contribution in [3.63, 3.8) is 0 Å². The van der Waals surface area contributed by atoms with Gasteiger partial charge in [-0.1, -0.05) is 13.8 Å². The molecule has 0 atom stereocenters. The molecule has 2 N–H and O–H groups in total. The van der Waals surface area contributed by atoms with Crippen LogP contribution in [0.5, 0.6) is 23.5 Å². The van der Waals surface area contributed by atoms with Gasteiger partial charge >= 0.3 is 18.4 Å². The molecule has 280 valence electrons. The number of nitrogens with zero attached hydrogens (tertiary/aromatic N) is 8. The fourth-order valence-electron chi connectivity index (χ4n) is 4.07. The zero-order chi connectivity index (χ0) is 39.6. The summed E-state index contributed by atoms with van der Waals surface area (Å²) in [6.07, 6.45) is -6.29. The molecule has 0 saturated carbocycles. The van der Waals surface area contributed by atoms with Gasteiger partial charge in [-0.25, -0.2) is 24.5 Å². The van der Waals surface area contributed by atoms with E-state index in [4.69, 9.17) is 14.3 Å². The molecule has 0 bridgehead atoms. The highest BCUT2D eigenvalue weighted by atomic mass is 19.4. The van der Waals surface area contributed by atoms with Crippen LogP contribution in [0, 0.1) is 34.1 Å². The van der Waals surface area contributed by atoms with E-state index in [2.05, 4.69) is 35.6 Å². The van der Waals surface area contributed by atoms with E-state index in [1.165, 1.54) is 20.2 Å². The van der Waals surface area contributed by atoms with Crippen LogP contribution in [0.4, 0.5) is 42.5 Å². The van der Waals surface area contributed by atoms with Crippen molar-refractivity contribution in [2.75, 3.05) is 14.1 Å². The van der Waals surface area contributed by atoms with Crippen molar-refractivity contribution in [3.8, 4) is 23.5 Å². The minimum Gasteiger partial charge on any atom is -0.418 e. The van der Waals surface area contributed by atoms with Crippen molar-refractivity contribution in [2.24, 2.45) is 4.99 Å². The van der Waals surface area contributed by atoms with Gasteiger partial charge in [0.2, 0.25) is 29.6 Å². The third-order valence-electron chi connectivity index (χ3n) is 6.54. The zero-order valence-electron chi connectivity index (χ0n) is 27.8. The zero-order valence-corrected chi connectivity index (χ0v) is 27.8. The summed E-state index contributed by atoms with van der Waals surface area (Å²) >= 11 is 0. The molecule has 0 aliphatic carbocycles. The standard InChI is InChI=1S/C14H14F3N5O4.C12H11F3N4O3.C2H3NO/c1-4-9-7(2)21(13(23)18-3)20-11(9)26-12-10(14(15,16)17)5-8(6-19-12)22(24)25;1-3-8-6(2)17-18-10(8)22-11-9(12(13,14)15)4-7(5-16-11)19(20)21;1-3-2-4/h5-6H,4H2,1-3H3,(H,18,23);4-5H,3H2,1-2H3,(H,17,18);1H3. The van der Waals surface area contributed by atoms with E-state index >= 15 is 0 Å². The van der Waals surface area contributed by atoms with Crippen molar-refractivity contribution in [1.82, 2.24) is 35.3 Å². The molecule has 4 rings (SSSR count). The number of aliphatic imine (C=N–C) groups is 1. The molecule has 0 unspecified atom stereocenters. The Morgan fingerprint density at radius 1 is 0.904 bits per heavy atom. The number of aromatic amines is 1. The van der Waals surface area contributed by atoms with Crippen LogP contribution in [0.3, 0.4) is 0 Å². The molecule has 0 spiro atoms. The molecule has 0 aliphatic heterocycles. The fraction of sp³-hybridized carbons (Fsp3) is 0.357. The van der Waals surface area contributed by atoms with Gasteiger partial charge in [-0.15, -0.1) is 10.2 Å². The number of hydrogen-bond acceptors (Lipinski definition) is 13. The fourth-order valence-corrected chi connectivity index (χ4v) is 4.07. The maximum atomic E-state index is 13.2. The molecule has 24 heteroatoms. The first-order chi connectivity index (χ1) is 24.2. The Kier molecular flexibility index (Phi) is 14.0. The highest BCUT2D eigenvalue weighted by Gasteiger charge is 2.39.